The number of rotatable bonds is 5. The molecule has 0 aliphatic carbocycles. The highest BCUT2D eigenvalue weighted by Crippen LogP contribution is 2.29. The predicted octanol–water partition coefficient (Wildman–Crippen LogP) is 4.82. The van der Waals surface area contributed by atoms with Crippen LogP contribution in [0.1, 0.15) is 23.6 Å². The molecule has 3 rings (SSSR count). The van der Waals surface area contributed by atoms with Crippen molar-refractivity contribution in [1.82, 2.24) is 0 Å². The van der Waals surface area contributed by atoms with Crippen LogP contribution in [0.25, 0.3) is 11.0 Å². The molecule has 1 aromatic heterocycles. The highest BCUT2D eigenvalue weighted by Gasteiger charge is 2.30. The van der Waals surface area contributed by atoms with Crippen LogP contribution in [0.4, 0.5) is 13.2 Å². The summed E-state index contributed by atoms with van der Waals surface area (Å²) in [7, 11) is 0. The molecular formula is C19H18BrF3NO+. The summed E-state index contributed by atoms with van der Waals surface area (Å²) in [5.74, 6) is 0. The van der Waals surface area contributed by atoms with Gasteiger partial charge < -0.3 is 9.32 Å². The van der Waals surface area contributed by atoms with E-state index >= 15 is 0 Å². The average Bonchev–Trinajstić information content (AvgIpc) is 2.95. The van der Waals surface area contributed by atoms with E-state index in [1.807, 2.05) is 12.1 Å². The van der Waals surface area contributed by atoms with Gasteiger partial charge in [-0.1, -0.05) is 12.1 Å². The van der Waals surface area contributed by atoms with Crippen molar-refractivity contribution in [2.45, 2.75) is 26.2 Å². The molecule has 2 nitrogen and oxygen atoms in total. The van der Waals surface area contributed by atoms with Crippen LogP contribution in [0.15, 0.2) is 57.6 Å². The van der Waals surface area contributed by atoms with Gasteiger partial charge in [0.15, 0.2) is 0 Å². The summed E-state index contributed by atoms with van der Waals surface area (Å²) < 4.78 is 44.3. The zero-order valence-corrected chi connectivity index (χ0v) is 15.2. The van der Waals surface area contributed by atoms with Gasteiger partial charge in [0.2, 0.25) is 0 Å². The minimum Gasteiger partial charge on any atom is -0.463 e. The molecule has 1 atom stereocenters. The Kier molecular flexibility index (Phi) is 5.20. The molecule has 6 heteroatoms. The molecule has 1 N–H and O–H groups in total. The van der Waals surface area contributed by atoms with Crippen LogP contribution in [0.5, 0.6) is 0 Å². The molecule has 3 aromatic rings. The fraction of sp³-hybridized carbons (Fsp3) is 0.263. The van der Waals surface area contributed by atoms with Crippen molar-refractivity contribution >= 4 is 26.9 Å². The third-order valence-electron chi connectivity index (χ3n) is 4.28. The number of furan rings is 1. The van der Waals surface area contributed by atoms with E-state index in [1.54, 1.807) is 18.4 Å². The molecule has 1 heterocycles. The first-order valence-electron chi connectivity index (χ1n) is 8.02. The van der Waals surface area contributed by atoms with Gasteiger partial charge in [-0.25, -0.2) is 0 Å². The monoisotopic (exact) mass is 412 g/mol. The maximum atomic E-state index is 12.7. The molecule has 0 saturated heterocycles. The molecule has 0 bridgehead atoms. The molecule has 0 saturated carbocycles. The number of halogens is 4. The summed E-state index contributed by atoms with van der Waals surface area (Å²) in [5.41, 5.74) is 2.29. The quantitative estimate of drug-likeness (QED) is 0.635. The van der Waals surface area contributed by atoms with Crippen molar-refractivity contribution in [3.63, 3.8) is 0 Å². The van der Waals surface area contributed by atoms with Crippen LogP contribution >= 0.6 is 15.9 Å². The van der Waals surface area contributed by atoms with Gasteiger partial charge in [-0.3, -0.25) is 0 Å². The van der Waals surface area contributed by atoms with Gasteiger partial charge in [-0.05, 0) is 53.2 Å². The highest BCUT2D eigenvalue weighted by molar-refractivity contribution is 9.10. The Morgan fingerprint density at radius 2 is 1.64 bits per heavy atom. The highest BCUT2D eigenvalue weighted by atomic mass is 79.9. The number of nitrogens with one attached hydrogen (secondary N) is 1. The molecular weight excluding hydrogens is 395 g/mol. The molecule has 0 spiro atoms. The zero-order valence-electron chi connectivity index (χ0n) is 13.7. The maximum Gasteiger partial charge on any atom is 0.416 e. The molecule has 0 fully saturated rings. The number of fused-ring (bicyclic) bond motifs is 1. The van der Waals surface area contributed by atoms with Crippen LogP contribution in [0.2, 0.25) is 0 Å². The number of benzene rings is 2. The van der Waals surface area contributed by atoms with Gasteiger partial charge in [-0.2, -0.15) is 13.2 Å². The van der Waals surface area contributed by atoms with Crippen molar-refractivity contribution in [2.24, 2.45) is 0 Å². The molecule has 1 unspecified atom stereocenters. The van der Waals surface area contributed by atoms with E-state index in [0.29, 0.717) is 6.54 Å². The zero-order chi connectivity index (χ0) is 18.0. The first-order valence-corrected chi connectivity index (χ1v) is 8.81. The van der Waals surface area contributed by atoms with Gasteiger partial charge in [0.25, 0.3) is 0 Å². The van der Waals surface area contributed by atoms with Gasteiger partial charge in [0, 0.05) is 16.5 Å². The summed E-state index contributed by atoms with van der Waals surface area (Å²) in [6, 6.07) is 11.5. The second-order valence-electron chi connectivity index (χ2n) is 6.07. The summed E-state index contributed by atoms with van der Waals surface area (Å²) >= 11 is 3.47. The summed E-state index contributed by atoms with van der Waals surface area (Å²) in [6.07, 6.45) is -2.62. The van der Waals surface area contributed by atoms with Crippen molar-refractivity contribution in [2.75, 3.05) is 6.54 Å². The second-order valence-corrected chi connectivity index (χ2v) is 6.92. The molecule has 0 aliphatic rings. The van der Waals surface area contributed by atoms with Gasteiger partial charge in [-0.15, -0.1) is 0 Å². The lowest BCUT2D eigenvalue weighted by atomic mass is 10.1. The third-order valence-corrected chi connectivity index (χ3v) is 4.89. The van der Waals surface area contributed by atoms with Gasteiger partial charge in [0.1, 0.15) is 24.9 Å². The lowest BCUT2D eigenvalue weighted by Gasteiger charge is -2.18. The SMILES string of the molecule is CC[NH+](Cc1ccc(C(F)(F)F)cc1)Cc1ccc2occ(Br)c2c1. The van der Waals surface area contributed by atoms with E-state index < -0.39 is 11.7 Å². The van der Waals surface area contributed by atoms with E-state index in [4.69, 9.17) is 4.42 Å². The smallest absolute Gasteiger partial charge is 0.416 e. The normalized spacial score (nSPS) is 13.3. The summed E-state index contributed by atoms with van der Waals surface area (Å²) in [5, 5.41) is 1.03. The van der Waals surface area contributed by atoms with Gasteiger partial charge in [0.05, 0.1) is 16.6 Å². The molecule has 0 aliphatic heterocycles. The molecule has 2 aromatic carbocycles. The molecule has 0 radical (unpaired) electrons. The van der Waals surface area contributed by atoms with Crippen LogP contribution < -0.4 is 4.90 Å². The second kappa shape index (κ2) is 7.22. The van der Waals surface area contributed by atoms with Crippen LogP contribution in [-0.2, 0) is 19.3 Å². The Morgan fingerprint density at radius 1 is 1.00 bits per heavy atom. The van der Waals surface area contributed by atoms with E-state index in [1.165, 1.54) is 10.5 Å². The Morgan fingerprint density at radius 3 is 2.28 bits per heavy atom. The minimum atomic E-state index is -4.29. The fourth-order valence-electron chi connectivity index (χ4n) is 2.86. The number of hydrogen-bond donors (Lipinski definition) is 1. The fourth-order valence-corrected chi connectivity index (χ4v) is 3.26. The number of hydrogen-bond acceptors (Lipinski definition) is 1. The average molecular weight is 413 g/mol. The molecule has 25 heavy (non-hydrogen) atoms. The summed E-state index contributed by atoms with van der Waals surface area (Å²) in [4.78, 5) is 1.28. The minimum absolute atomic E-state index is 0.607. The Labute approximate surface area is 152 Å². The Balaban J connectivity index is 1.72. The van der Waals surface area contributed by atoms with Gasteiger partial charge >= 0.3 is 6.18 Å². The third kappa shape index (κ3) is 4.25. The Bertz CT molecular complexity index is 855. The van der Waals surface area contributed by atoms with Crippen molar-refractivity contribution in [1.29, 1.82) is 0 Å². The van der Waals surface area contributed by atoms with Crippen LogP contribution in [-0.4, -0.2) is 6.54 Å². The molecule has 0 amide bonds. The van der Waals surface area contributed by atoms with E-state index in [9.17, 15) is 13.2 Å². The van der Waals surface area contributed by atoms with Crippen LogP contribution in [0.3, 0.4) is 0 Å². The first kappa shape index (κ1) is 18.0. The number of quaternary nitrogens is 1. The topological polar surface area (TPSA) is 17.6 Å². The predicted molar refractivity (Wildman–Crippen MR) is 94.3 cm³/mol. The van der Waals surface area contributed by atoms with E-state index in [0.717, 1.165) is 46.2 Å². The van der Waals surface area contributed by atoms with Crippen molar-refractivity contribution < 1.29 is 22.5 Å². The van der Waals surface area contributed by atoms with Crippen LogP contribution in [0, 0.1) is 0 Å². The van der Waals surface area contributed by atoms with E-state index in [2.05, 4.69) is 28.9 Å². The Hall–Kier alpha value is -1.79. The summed E-state index contributed by atoms with van der Waals surface area (Å²) in [6.45, 7) is 4.43. The van der Waals surface area contributed by atoms with E-state index in [-0.39, 0.29) is 0 Å². The maximum absolute atomic E-state index is 12.7. The first-order chi connectivity index (χ1) is 11.9. The molecule has 132 valence electrons. The standard InChI is InChI=1S/C19H17BrF3NO/c1-2-24(10-13-3-6-15(7-4-13)19(21,22)23)11-14-5-8-18-16(9-14)17(20)12-25-18/h3-9,12H,2,10-11H2,1H3/p+1. The lowest BCUT2D eigenvalue weighted by Crippen LogP contribution is -3.09. The number of alkyl halides is 3. The van der Waals surface area contributed by atoms with Crippen molar-refractivity contribution in [3.05, 3.63) is 69.9 Å². The largest absolute Gasteiger partial charge is 0.463 e. The van der Waals surface area contributed by atoms with Crippen molar-refractivity contribution in [3.8, 4) is 0 Å². The lowest BCUT2D eigenvalue weighted by molar-refractivity contribution is -0.925.